The first-order valence-corrected chi connectivity index (χ1v) is 7.54. The van der Waals surface area contributed by atoms with Crippen molar-refractivity contribution in [2.45, 2.75) is 31.7 Å². The number of rotatable bonds is 6. The lowest BCUT2D eigenvalue weighted by Gasteiger charge is -2.36. The summed E-state index contributed by atoms with van der Waals surface area (Å²) < 4.78 is 5.42. The third kappa shape index (κ3) is 3.74. The standard InChI is InChI=1S/C19H23NO2/c1-15(20)13-19(14-22-16(2)21,17-9-5-3-6-10-17)18-11-7-4-8-12-18/h3-12,15H,13-14,20H2,1-2H3/t15-/m0/s1. The first kappa shape index (κ1) is 16.2. The minimum atomic E-state index is -0.428. The zero-order valence-corrected chi connectivity index (χ0v) is 13.2. The van der Waals surface area contributed by atoms with Crippen LogP contribution in [0.5, 0.6) is 0 Å². The predicted molar refractivity (Wildman–Crippen MR) is 88.6 cm³/mol. The average molecular weight is 297 g/mol. The smallest absolute Gasteiger partial charge is 0.302 e. The van der Waals surface area contributed by atoms with Gasteiger partial charge in [-0.05, 0) is 24.5 Å². The molecule has 2 aromatic rings. The Balaban J connectivity index is 2.55. The fourth-order valence-electron chi connectivity index (χ4n) is 2.92. The van der Waals surface area contributed by atoms with Crippen molar-refractivity contribution in [3.05, 3.63) is 71.8 Å². The molecule has 0 aliphatic heterocycles. The van der Waals surface area contributed by atoms with Crippen LogP contribution in [-0.2, 0) is 14.9 Å². The van der Waals surface area contributed by atoms with Crippen LogP contribution in [0.25, 0.3) is 0 Å². The molecule has 0 aliphatic carbocycles. The minimum Gasteiger partial charge on any atom is -0.465 e. The molecule has 0 spiro atoms. The highest BCUT2D eigenvalue weighted by Crippen LogP contribution is 2.37. The summed E-state index contributed by atoms with van der Waals surface area (Å²) in [6, 6.07) is 20.2. The molecule has 0 saturated carbocycles. The summed E-state index contributed by atoms with van der Waals surface area (Å²) in [5.74, 6) is -0.277. The van der Waals surface area contributed by atoms with Gasteiger partial charge in [-0.2, -0.15) is 0 Å². The summed E-state index contributed by atoms with van der Waals surface area (Å²) in [5.41, 5.74) is 7.91. The molecule has 0 fully saturated rings. The molecule has 3 heteroatoms. The van der Waals surface area contributed by atoms with Gasteiger partial charge in [0.1, 0.15) is 6.61 Å². The number of carbonyl (C=O) groups is 1. The molecular weight excluding hydrogens is 274 g/mol. The lowest BCUT2D eigenvalue weighted by molar-refractivity contribution is -0.142. The van der Waals surface area contributed by atoms with Crippen molar-refractivity contribution >= 4 is 5.97 Å². The largest absolute Gasteiger partial charge is 0.465 e. The molecule has 0 amide bonds. The molecule has 116 valence electrons. The van der Waals surface area contributed by atoms with E-state index >= 15 is 0 Å². The monoisotopic (exact) mass is 297 g/mol. The molecular formula is C19H23NO2. The summed E-state index contributed by atoms with van der Waals surface area (Å²) in [4.78, 5) is 11.4. The lowest BCUT2D eigenvalue weighted by atomic mass is 9.71. The number of hydrogen-bond acceptors (Lipinski definition) is 3. The van der Waals surface area contributed by atoms with Crippen LogP contribution in [-0.4, -0.2) is 18.6 Å². The lowest BCUT2D eigenvalue weighted by Crippen LogP contribution is -2.39. The molecule has 0 unspecified atom stereocenters. The van der Waals surface area contributed by atoms with E-state index < -0.39 is 5.41 Å². The summed E-state index contributed by atoms with van der Waals surface area (Å²) >= 11 is 0. The highest BCUT2D eigenvalue weighted by molar-refractivity contribution is 5.66. The Labute approximate surface area is 132 Å². The Morgan fingerprint density at radius 2 is 1.50 bits per heavy atom. The van der Waals surface area contributed by atoms with Gasteiger partial charge in [0.2, 0.25) is 0 Å². The first-order chi connectivity index (χ1) is 10.5. The van der Waals surface area contributed by atoms with Gasteiger partial charge in [-0.25, -0.2) is 0 Å². The second-order valence-electron chi connectivity index (χ2n) is 5.78. The number of carbonyl (C=O) groups excluding carboxylic acids is 1. The Hall–Kier alpha value is -2.13. The highest BCUT2D eigenvalue weighted by atomic mass is 16.5. The summed E-state index contributed by atoms with van der Waals surface area (Å²) in [6.07, 6.45) is 0.703. The van der Waals surface area contributed by atoms with E-state index in [2.05, 4.69) is 24.3 Å². The maximum atomic E-state index is 11.4. The summed E-state index contributed by atoms with van der Waals surface area (Å²) in [5, 5.41) is 0. The Morgan fingerprint density at radius 1 is 1.05 bits per heavy atom. The van der Waals surface area contributed by atoms with E-state index in [4.69, 9.17) is 10.5 Å². The number of hydrogen-bond donors (Lipinski definition) is 1. The number of ether oxygens (including phenoxy) is 1. The van der Waals surface area contributed by atoms with Crippen LogP contribution < -0.4 is 5.73 Å². The molecule has 1 atom stereocenters. The molecule has 2 aromatic carbocycles. The van der Waals surface area contributed by atoms with E-state index in [0.29, 0.717) is 6.42 Å². The Bertz CT molecular complexity index is 554. The van der Waals surface area contributed by atoms with Crippen molar-refractivity contribution in [3.8, 4) is 0 Å². The van der Waals surface area contributed by atoms with Crippen LogP contribution >= 0.6 is 0 Å². The summed E-state index contributed by atoms with van der Waals surface area (Å²) in [6.45, 7) is 3.71. The van der Waals surface area contributed by atoms with Crippen molar-refractivity contribution < 1.29 is 9.53 Å². The molecule has 2 N–H and O–H groups in total. The quantitative estimate of drug-likeness (QED) is 0.833. The predicted octanol–water partition coefficient (Wildman–Crippen LogP) is 3.27. The van der Waals surface area contributed by atoms with Gasteiger partial charge in [0.25, 0.3) is 0 Å². The van der Waals surface area contributed by atoms with Crippen LogP contribution in [0.3, 0.4) is 0 Å². The third-order valence-electron chi connectivity index (χ3n) is 3.85. The van der Waals surface area contributed by atoms with Gasteiger partial charge in [0.15, 0.2) is 0 Å². The molecule has 0 saturated heterocycles. The topological polar surface area (TPSA) is 52.3 Å². The van der Waals surface area contributed by atoms with Crippen molar-refractivity contribution in [1.29, 1.82) is 0 Å². The van der Waals surface area contributed by atoms with E-state index in [0.717, 1.165) is 11.1 Å². The molecule has 0 radical (unpaired) electrons. The van der Waals surface area contributed by atoms with Crippen LogP contribution in [0.4, 0.5) is 0 Å². The molecule has 22 heavy (non-hydrogen) atoms. The number of nitrogens with two attached hydrogens (primary N) is 1. The summed E-state index contributed by atoms with van der Waals surface area (Å²) in [7, 11) is 0. The second-order valence-corrected chi connectivity index (χ2v) is 5.78. The SMILES string of the molecule is CC(=O)OCC(C[C@H](C)N)(c1ccccc1)c1ccccc1. The normalized spacial score (nSPS) is 12.7. The molecule has 0 aromatic heterocycles. The molecule has 2 rings (SSSR count). The maximum absolute atomic E-state index is 11.4. The van der Waals surface area contributed by atoms with E-state index in [-0.39, 0.29) is 18.6 Å². The van der Waals surface area contributed by atoms with Crippen molar-refractivity contribution in [1.82, 2.24) is 0 Å². The average Bonchev–Trinajstić information content (AvgIpc) is 2.53. The zero-order chi connectivity index (χ0) is 16.0. The van der Waals surface area contributed by atoms with Gasteiger partial charge in [0, 0.05) is 13.0 Å². The minimum absolute atomic E-state index is 0.0176. The van der Waals surface area contributed by atoms with Gasteiger partial charge >= 0.3 is 5.97 Å². The van der Waals surface area contributed by atoms with Crippen LogP contribution in [0.2, 0.25) is 0 Å². The third-order valence-corrected chi connectivity index (χ3v) is 3.85. The van der Waals surface area contributed by atoms with E-state index in [1.54, 1.807) is 0 Å². The fourth-order valence-corrected chi connectivity index (χ4v) is 2.92. The fraction of sp³-hybridized carbons (Fsp3) is 0.316. The molecule has 0 aliphatic rings. The van der Waals surface area contributed by atoms with Gasteiger partial charge in [0.05, 0.1) is 5.41 Å². The van der Waals surface area contributed by atoms with Crippen molar-refractivity contribution in [3.63, 3.8) is 0 Å². The van der Waals surface area contributed by atoms with E-state index in [1.165, 1.54) is 6.92 Å². The Kier molecular flexibility index (Phi) is 5.34. The van der Waals surface area contributed by atoms with Crippen molar-refractivity contribution in [2.24, 2.45) is 5.73 Å². The number of esters is 1. The molecule has 3 nitrogen and oxygen atoms in total. The highest BCUT2D eigenvalue weighted by Gasteiger charge is 2.36. The van der Waals surface area contributed by atoms with Gasteiger partial charge in [-0.3, -0.25) is 4.79 Å². The first-order valence-electron chi connectivity index (χ1n) is 7.54. The second kappa shape index (κ2) is 7.23. The maximum Gasteiger partial charge on any atom is 0.302 e. The van der Waals surface area contributed by atoms with E-state index in [1.807, 2.05) is 43.3 Å². The van der Waals surface area contributed by atoms with Gasteiger partial charge < -0.3 is 10.5 Å². The van der Waals surface area contributed by atoms with E-state index in [9.17, 15) is 4.79 Å². The number of benzene rings is 2. The van der Waals surface area contributed by atoms with Gasteiger partial charge in [-0.15, -0.1) is 0 Å². The zero-order valence-electron chi connectivity index (χ0n) is 13.2. The Morgan fingerprint density at radius 3 is 1.86 bits per heavy atom. The molecule has 0 bridgehead atoms. The molecule has 0 heterocycles. The van der Waals surface area contributed by atoms with Gasteiger partial charge in [-0.1, -0.05) is 60.7 Å². The van der Waals surface area contributed by atoms with Crippen LogP contribution in [0.1, 0.15) is 31.4 Å². The van der Waals surface area contributed by atoms with Crippen molar-refractivity contribution in [2.75, 3.05) is 6.61 Å². The van der Waals surface area contributed by atoms with Crippen LogP contribution in [0.15, 0.2) is 60.7 Å². The van der Waals surface area contributed by atoms with Crippen LogP contribution in [0, 0.1) is 0 Å².